The Bertz CT molecular complexity index is 1230. The van der Waals surface area contributed by atoms with Gasteiger partial charge >= 0.3 is 0 Å². The van der Waals surface area contributed by atoms with Crippen molar-refractivity contribution >= 4 is 17.4 Å². The molecule has 1 aliphatic rings. The van der Waals surface area contributed by atoms with Gasteiger partial charge in [-0.05, 0) is 48.7 Å². The summed E-state index contributed by atoms with van der Waals surface area (Å²) in [5, 5.41) is 11.3. The standard InChI is InChI=1S/C28H27NO5/c1-18-9-14-23(34-3)22(17-18)26(30)24-25(20-7-5-4-6-8-20)29(28(32)27(24)31)16-15-19-10-12-21(33-2)13-11-19/h4-14,17,25,30H,15-16H2,1-3H3/b26-24+. The topological polar surface area (TPSA) is 76.1 Å². The summed E-state index contributed by atoms with van der Waals surface area (Å²) in [6.45, 7) is 2.20. The molecule has 1 amide bonds. The fourth-order valence-corrected chi connectivity index (χ4v) is 4.29. The Balaban J connectivity index is 1.77. The first-order chi connectivity index (χ1) is 16.4. The lowest BCUT2D eigenvalue weighted by atomic mass is 9.94. The second-order valence-corrected chi connectivity index (χ2v) is 8.20. The molecular weight excluding hydrogens is 430 g/mol. The number of hydrogen-bond acceptors (Lipinski definition) is 5. The summed E-state index contributed by atoms with van der Waals surface area (Å²) in [4.78, 5) is 27.9. The number of ether oxygens (including phenoxy) is 2. The van der Waals surface area contributed by atoms with E-state index < -0.39 is 17.7 Å². The number of carbonyl (C=O) groups excluding carboxylic acids is 2. The molecule has 1 saturated heterocycles. The zero-order valence-electron chi connectivity index (χ0n) is 19.4. The minimum Gasteiger partial charge on any atom is -0.507 e. The van der Waals surface area contributed by atoms with Gasteiger partial charge in [0.2, 0.25) is 0 Å². The van der Waals surface area contributed by atoms with Crippen molar-refractivity contribution in [2.75, 3.05) is 20.8 Å². The molecule has 34 heavy (non-hydrogen) atoms. The molecule has 1 unspecified atom stereocenters. The van der Waals surface area contributed by atoms with Crippen LogP contribution in [-0.4, -0.2) is 42.5 Å². The fourth-order valence-electron chi connectivity index (χ4n) is 4.29. The normalized spacial score (nSPS) is 17.1. The molecule has 6 heteroatoms. The average molecular weight is 458 g/mol. The van der Waals surface area contributed by atoms with Crippen molar-refractivity contribution in [3.63, 3.8) is 0 Å². The van der Waals surface area contributed by atoms with Gasteiger partial charge in [0, 0.05) is 6.54 Å². The van der Waals surface area contributed by atoms with Gasteiger partial charge in [-0.2, -0.15) is 0 Å². The van der Waals surface area contributed by atoms with Crippen molar-refractivity contribution in [2.45, 2.75) is 19.4 Å². The first kappa shape index (κ1) is 23.1. The van der Waals surface area contributed by atoms with E-state index in [1.807, 2.05) is 67.6 Å². The zero-order valence-corrected chi connectivity index (χ0v) is 19.4. The van der Waals surface area contributed by atoms with Crippen LogP contribution >= 0.6 is 0 Å². The molecule has 0 aliphatic carbocycles. The Morgan fingerprint density at radius 3 is 2.29 bits per heavy atom. The van der Waals surface area contributed by atoms with Gasteiger partial charge in [0.15, 0.2) is 0 Å². The molecule has 0 aromatic heterocycles. The van der Waals surface area contributed by atoms with Crippen molar-refractivity contribution in [1.29, 1.82) is 0 Å². The Kier molecular flexibility index (Phi) is 6.68. The number of hydrogen-bond donors (Lipinski definition) is 1. The maximum atomic E-state index is 13.2. The van der Waals surface area contributed by atoms with Crippen LogP contribution in [0.5, 0.6) is 11.5 Å². The van der Waals surface area contributed by atoms with Crippen LogP contribution in [0.15, 0.2) is 78.4 Å². The van der Waals surface area contributed by atoms with E-state index in [1.165, 1.54) is 12.0 Å². The Hall–Kier alpha value is -4.06. The summed E-state index contributed by atoms with van der Waals surface area (Å²) in [6.07, 6.45) is 0.550. The van der Waals surface area contributed by atoms with E-state index in [9.17, 15) is 14.7 Å². The van der Waals surface area contributed by atoms with E-state index in [-0.39, 0.29) is 11.3 Å². The maximum absolute atomic E-state index is 13.2. The number of methoxy groups -OCH3 is 2. The Morgan fingerprint density at radius 2 is 1.65 bits per heavy atom. The highest BCUT2D eigenvalue weighted by molar-refractivity contribution is 6.46. The number of nitrogens with zero attached hydrogens (tertiary/aromatic N) is 1. The third-order valence-corrected chi connectivity index (χ3v) is 6.07. The van der Waals surface area contributed by atoms with Gasteiger partial charge in [-0.3, -0.25) is 9.59 Å². The van der Waals surface area contributed by atoms with Crippen LogP contribution in [0.2, 0.25) is 0 Å². The average Bonchev–Trinajstić information content (AvgIpc) is 3.12. The molecule has 1 atom stereocenters. The quantitative estimate of drug-likeness (QED) is 0.317. The van der Waals surface area contributed by atoms with Crippen LogP contribution in [-0.2, 0) is 16.0 Å². The number of ketones is 1. The molecule has 3 aromatic rings. The molecule has 0 spiro atoms. The predicted octanol–water partition coefficient (Wildman–Crippen LogP) is 4.68. The smallest absolute Gasteiger partial charge is 0.295 e. The van der Waals surface area contributed by atoms with Crippen LogP contribution in [0.3, 0.4) is 0 Å². The van der Waals surface area contributed by atoms with E-state index in [0.717, 1.165) is 22.4 Å². The molecule has 174 valence electrons. The van der Waals surface area contributed by atoms with Gasteiger partial charge in [0.05, 0.1) is 31.4 Å². The summed E-state index contributed by atoms with van der Waals surface area (Å²) < 4.78 is 10.6. The Labute approximate surface area is 199 Å². The summed E-state index contributed by atoms with van der Waals surface area (Å²) in [7, 11) is 3.11. The highest BCUT2D eigenvalue weighted by Crippen LogP contribution is 2.41. The molecule has 1 aliphatic heterocycles. The number of aliphatic hydroxyl groups is 1. The number of aliphatic hydroxyl groups excluding tert-OH is 1. The van der Waals surface area contributed by atoms with Crippen molar-refractivity contribution in [1.82, 2.24) is 4.90 Å². The zero-order chi connectivity index (χ0) is 24.2. The van der Waals surface area contributed by atoms with Crippen LogP contribution in [0, 0.1) is 6.92 Å². The van der Waals surface area contributed by atoms with Crippen LogP contribution in [0.4, 0.5) is 0 Å². The van der Waals surface area contributed by atoms with E-state index in [4.69, 9.17) is 9.47 Å². The van der Waals surface area contributed by atoms with E-state index in [2.05, 4.69) is 0 Å². The van der Waals surface area contributed by atoms with Crippen molar-refractivity contribution in [3.8, 4) is 11.5 Å². The summed E-state index contributed by atoms with van der Waals surface area (Å²) in [5.74, 6) is -0.389. The number of rotatable bonds is 7. The molecule has 0 radical (unpaired) electrons. The molecule has 6 nitrogen and oxygen atoms in total. The highest BCUT2D eigenvalue weighted by Gasteiger charge is 2.46. The van der Waals surface area contributed by atoms with Crippen LogP contribution < -0.4 is 9.47 Å². The number of benzene rings is 3. The van der Waals surface area contributed by atoms with Crippen LogP contribution in [0.25, 0.3) is 5.76 Å². The molecule has 1 heterocycles. The molecule has 1 N–H and O–H groups in total. The van der Waals surface area contributed by atoms with Crippen LogP contribution in [0.1, 0.15) is 28.3 Å². The number of likely N-dealkylation sites (tertiary alicyclic amines) is 1. The highest BCUT2D eigenvalue weighted by atomic mass is 16.5. The number of aryl methyl sites for hydroxylation is 1. The first-order valence-electron chi connectivity index (χ1n) is 11.1. The lowest BCUT2D eigenvalue weighted by Gasteiger charge is -2.25. The predicted molar refractivity (Wildman–Crippen MR) is 130 cm³/mol. The minimum absolute atomic E-state index is 0.0647. The minimum atomic E-state index is -0.704. The number of Topliss-reactive ketones (excluding diaryl/α,β-unsaturated/α-hetero) is 1. The fraction of sp³-hybridized carbons (Fsp3) is 0.214. The monoisotopic (exact) mass is 457 g/mol. The molecule has 0 saturated carbocycles. The maximum Gasteiger partial charge on any atom is 0.295 e. The summed E-state index contributed by atoms with van der Waals surface area (Å²) in [6, 6.07) is 21.5. The van der Waals surface area contributed by atoms with E-state index >= 15 is 0 Å². The van der Waals surface area contributed by atoms with E-state index in [1.54, 1.807) is 19.2 Å². The third-order valence-electron chi connectivity index (χ3n) is 6.07. The molecular formula is C28H27NO5. The van der Waals surface area contributed by atoms with Gasteiger partial charge in [-0.15, -0.1) is 0 Å². The van der Waals surface area contributed by atoms with Gasteiger partial charge in [0.1, 0.15) is 17.3 Å². The van der Waals surface area contributed by atoms with Crippen molar-refractivity contribution in [2.24, 2.45) is 0 Å². The number of carbonyl (C=O) groups is 2. The lowest BCUT2D eigenvalue weighted by molar-refractivity contribution is -0.139. The van der Waals surface area contributed by atoms with Crippen molar-refractivity contribution < 1.29 is 24.2 Å². The largest absolute Gasteiger partial charge is 0.507 e. The molecule has 0 bridgehead atoms. The van der Waals surface area contributed by atoms with Gasteiger partial charge in [0.25, 0.3) is 11.7 Å². The SMILES string of the molecule is COc1ccc(CCN2C(=O)C(=O)/C(=C(/O)c3cc(C)ccc3OC)C2c2ccccc2)cc1. The summed E-state index contributed by atoms with van der Waals surface area (Å²) in [5.41, 5.74) is 3.11. The Morgan fingerprint density at radius 1 is 0.941 bits per heavy atom. The first-order valence-corrected chi connectivity index (χ1v) is 11.1. The van der Waals surface area contributed by atoms with Crippen molar-refractivity contribution in [3.05, 3.63) is 101 Å². The van der Waals surface area contributed by atoms with E-state index in [0.29, 0.717) is 24.3 Å². The second kappa shape index (κ2) is 9.83. The molecule has 1 fully saturated rings. The van der Waals surface area contributed by atoms with Gasteiger partial charge < -0.3 is 19.5 Å². The van der Waals surface area contributed by atoms with Gasteiger partial charge in [-0.1, -0.05) is 54.1 Å². The lowest BCUT2D eigenvalue weighted by Crippen LogP contribution is -2.31. The third kappa shape index (κ3) is 4.39. The summed E-state index contributed by atoms with van der Waals surface area (Å²) >= 11 is 0. The molecule has 3 aromatic carbocycles. The number of amides is 1. The second-order valence-electron chi connectivity index (χ2n) is 8.20. The molecule has 4 rings (SSSR count). The van der Waals surface area contributed by atoms with Gasteiger partial charge in [-0.25, -0.2) is 0 Å².